The first-order valence-corrected chi connectivity index (χ1v) is 9.34. The molecular weight excluding hydrogens is 334 g/mol. The Hall–Kier alpha value is -2.91. The Bertz CT molecular complexity index is 829. The van der Waals surface area contributed by atoms with E-state index in [0.717, 1.165) is 5.56 Å². The molecule has 138 valence electrons. The molecule has 0 fully saturated rings. The highest BCUT2D eigenvalue weighted by atomic mass is 16.5. The Balaban J connectivity index is 1.60. The zero-order valence-electron chi connectivity index (χ0n) is 15.6. The van der Waals surface area contributed by atoms with E-state index in [1.807, 2.05) is 55.5 Å². The van der Waals surface area contributed by atoms with Crippen LogP contribution in [-0.4, -0.2) is 19.1 Å². The van der Waals surface area contributed by atoms with E-state index in [4.69, 9.17) is 4.74 Å². The predicted octanol–water partition coefficient (Wildman–Crippen LogP) is 4.79. The van der Waals surface area contributed by atoms with Gasteiger partial charge in [0, 0.05) is 13.1 Å². The molecule has 0 aliphatic heterocycles. The van der Waals surface area contributed by atoms with Crippen LogP contribution >= 0.6 is 0 Å². The van der Waals surface area contributed by atoms with Gasteiger partial charge in [0.1, 0.15) is 0 Å². The third-order valence-corrected chi connectivity index (χ3v) is 4.51. The summed E-state index contributed by atoms with van der Waals surface area (Å²) in [5.74, 6) is -0.481. The van der Waals surface area contributed by atoms with E-state index < -0.39 is 0 Å². The number of carbonyl (C=O) groups is 1. The third kappa shape index (κ3) is 5.28. The second-order valence-corrected chi connectivity index (χ2v) is 6.41. The SMILES string of the molecule is CCOC(=O)C(CNCc1ccc(-c2ccccc2)cc1)c1ccccc1. The Morgan fingerprint density at radius 3 is 2.07 bits per heavy atom. The van der Waals surface area contributed by atoms with Gasteiger partial charge in [0.15, 0.2) is 0 Å². The van der Waals surface area contributed by atoms with Crippen LogP contribution in [0.3, 0.4) is 0 Å². The second-order valence-electron chi connectivity index (χ2n) is 6.41. The van der Waals surface area contributed by atoms with Gasteiger partial charge in [0.2, 0.25) is 0 Å². The van der Waals surface area contributed by atoms with Crippen LogP contribution in [0.4, 0.5) is 0 Å². The van der Waals surface area contributed by atoms with Gasteiger partial charge >= 0.3 is 5.97 Å². The number of ether oxygens (including phenoxy) is 1. The van der Waals surface area contributed by atoms with Crippen molar-refractivity contribution in [2.75, 3.05) is 13.2 Å². The van der Waals surface area contributed by atoms with E-state index in [1.165, 1.54) is 16.7 Å². The first-order chi connectivity index (χ1) is 13.3. The van der Waals surface area contributed by atoms with Gasteiger partial charge < -0.3 is 10.1 Å². The lowest BCUT2D eigenvalue weighted by Crippen LogP contribution is -2.28. The summed E-state index contributed by atoms with van der Waals surface area (Å²) in [6.07, 6.45) is 0. The molecule has 0 aliphatic rings. The molecule has 0 saturated carbocycles. The van der Waals surface area contributed by atoms with Crippen LogP contribution in [0.5, 0.6) is 0 Å². The first kappa shape index (κ1) is 18.9. The van der Waals surface area contributed by atoms with Gasteiger partial charge in [-0.3, -0.25) is 4.79 Å². The van der Waals surface area contributed by atoms with Crippen molar-refractivity contribution in [3.63, 3.8) is 0 Å². The van der Waals surface area contributed by atoms with Gasteiger partial charge in [0.25, 0.3) is 0 Å². The van der Waals surface area contributed by atoms with E-state index in [1.54, 1.807) is 0 Å². The van der Waals surface area contributed by atoms with Gasteiger partial charge in [-0.05, 0) is 29.2 Å². The second kappa shape index (κ2) is 9.70. The van der Waals surface area contributed by atoms with Gasteiger partial charge in [-0.25, -0.2) is 0 Å². The fraction of sp³-hybridized carbons (Fsp3) is 0.208. The maximum atomic E-state index is 12.3. The molecule has 3 aromatic rings. The predicted molar refractivity (Wildman–Crippen MR) is 109 cm³/mol. The van der Waals surface area contributed by atoms with Gasteiger partial charge in [-0.15, -0.1) is 0 Å². The molecule has 1 atom stereocenters. The largest absolute Gasteiger partial charge is 0.465 e. The Labute approximate surface area is 161 Å². The van der Waals surface area contributed by atoms with E-state index in [9.17, 15) is 4.79 Å². The van der Waals surface area contributed by atoms with E-state index >= 15 is 0 Å². The highest BCUT2D eigenvalue weighted by Crippen LogP contribution is 2.20. The van der Waals surface area contributed by atoms with Crippen LogP contribution in [0, 0.1) is 0 Å². The number of esters is 1. The molecule has 3 heteroatoms. The minimum absolute atomic E-state index is 0.185. The fourth-order valence-corrected chi connectivity index (χ4v) is 3.07. The average Bonchev–Trinajstić information content (AvgIpc) is 2.73. The summed E-state index contributed by atoms with van der Waals surface area (Å²) in [4.78, 5) is 12.3. The van der Waals surface area contributed by atoms with Gasteiger partial charge in [-0.2, -0.15) is 0 Å². The molecule has 0 aliphatic carbocycles. The molecule has 3 rings (SSSR count). The van der Waals surface area contributed by atoms with E-state index in [-0.39, 0.29) is 11.9 Å². The smallest absolute Gasteiger partial charge is 0.314 e. The van der Waals surface area contributed by atoms with Crippen LogP contribution in [0.2, 0.25) is 0 Å². The van der Waals surface area contributed by atoms with Crippen molar-refractivity contribution < 1.29 is 9.53 Å². The zero-order valence-corrected chi connectivity index (χ0v) is 15.6. The summed E-state index contributed by atoms with van der Waals surface area (Å²) in [6, 6.07) is 28.6. The summed E-state index contributed by atoms with van der Waals surface area (Å²) in [6.45, 7) is 3.48. The number of hydrogen-bond donors (Lipinski definition) is 1. The van der Waals surface area contributed by atoms with Crippen molar-refractivity contribution in [3.05, 3.63) is 96.1 Å². The average molecular weight is 359 g/mol. The molecule has 0 radical (unpaired) electrons. The number of hydrogen-bond acceptors (Lipinski definition) is 3. The Kier molecular flexibility index (Phi) is 6.78. The minimum Gasteiger partial charge on any atom is -0.465 e. The Morgan fingerprint density at radius 2 is 1.44 bits per heavy atom. The number of benzene rings is 3. The van der Waals surface area contributed by atoms with Crippen molar-refractivity contribution >= 4 is 5.97 Å². The summed E-state index contributed by atoms with van der Waals surface area (Å²) in [5, 5.41) is 3.40. The van der Waals surface area contributed by atoms with Crippen LogP contribution in [0.25, 0.3) is 11.1 Å². The minimum atomic E-state index is -0.297. The topological polar surface area (TPSA) is 38.3 Å². The molecule has 0 aromatic heterocycles. The quantitative estimate of drug-likeness (QED) is 0.588. The molecule has 0 heterocycles. The first-order valence-electron chi connectivity index (χ1n) is 9.34. The fourth-order valence-electron chi connectivity index (χ4n) is 3.07. The van der Waals surface area contributed by atoms with Crippen LogP contribution < -0.4 is 5.32 Å². The summed E-state index contributed by atoms with van der Waals surface area (Å²) in [7, 11) is 0. The lowest BCUT2D eigenvalue weighted by atomic mass is 9.99. The molecular formula is C24H25NO2. The van der Waals surface area contributed by atoms with Crippen LogP contribution in [0.15, 0.2) is 84.9 Å². The summed E-state index contributed by atoms with van der Waals surface area (Å²) >= 11 is 0. The van der Waals surface area contributed by atoms with Crippen molar-refractivity contribution in [1.82, 2.24) is 5.32 Å². The molecule has 3 aromatic carbocycles. The van der Waals surface area contributed by atoms with Crippen molar-refractivity contribution in [3.8, 4) is 11.1 Å². The molecule has 27 heavy (non-hydrogen) atoms. The molecule has 1 unspecified atom stereocenters. The third-order valence-electron chi connectivity index (χ3n) is 4.51. The highest BCUT2D eigenvalue weighted by molar-refractivity contribution is 5.78. The lowest BCUT2D eigenvalue weighted by molar-refractivity contribution is -0.144. The molecule has 0 bridgehead atoms. The lowest BCUT2D eigenvalue weighted by Gasteiger charge is -2.17. The van der Waals surface area contributed by atoms with E-state index in [2.05, 4.69) is 41.7 Å². The monoisotopic (exact) mass is 359 g/mol. The van der Waals surface area contributed by atoms with Gasteiger partial charge in [-0.1, -0.05) is 84.9 Å². The van der Waals surface area contributed by atoms with Crippen molar-refractivity contribution in [1.29, 1.82) is 0 Å². The molecule has 1 N–H and O–H groups in total. The molecule has 3 nitrogen and oxygen atoms in total. The number of carbonyl (C=O) groups excluding carboxylic acids is 1. The molecule has 0 spiro atoms. The maximum Gasteiger partial charge on any atom is 0.314 e. The zero-order chi connectivity index (χ0) is 18.9. The maximum absolute atomic E-state index is 12.3. The van der Waals surface area contributed by atoms with Crippen LogP contribution in [-0.2, 0) is 16.1 Å². The van der Waals surface area contributed by atoms with Crippen molar-refractivity contribution in [2.24, 2.45) is 0 Å². The molecule has 0 saturated heterocycles. The standard InChI is InChI=1S/C24H25NO2/c1-2-27-24(26)23(22-11-7-4-8-12-22)18-25-17-19-13-15-21(16-14-19)20-9-5-3-6-10-20/h3-16,23,25H,2,17-18H2,1H3. The number of nitrogens with one attached hydrogen (secondary N) is 1. The van der Waals surface area contributed by atoms with E-state index in [0.29, 0.717) is 19.7 Å². The summed E-state index contributed by atoms with van der Waals surface area (Å²) in [5.41, 5.74) is 4.57. The van der Waals surface area contributed by atoms with Crippen LogP contribution in [0.1, 0.15) is 24.0 Å². The highest BCUT2D eigenvalue weighted by Gasteiger charge is 2.21. The molecule has 0 amide bonds. The van der Waals surface area contributed by atoms with Crippen molar-refractivity contribution in [2.45, 2.75) is 19.4 Å². The van der Waals surface area contributed by atoms with Gasteiger partial charge in [0.05, 0.1) is 12.5 Å². The normalized spacial score (nSPS) is 11.7. The Morgan fingerprint density at radius 1 is 0.852 bits per heavy atom. The number of rotatable bonds is 8. The summed E-state index contributed by atoms with van der Waals surface area (Å²) < 4.78 is 5.25.